The number of nitrogens with one attached hydrogen (secondary N) is 1. The largest absolute Gasteiger partial charge is 0.308 e. The van der Waals surface area contributed by atoms with Crippen molar-refractivity contribution < 1.29 is 8.42 Å². The van der Waals surface area contributed by atoms with Crippen molar-refractivity contribution >= 4 is 31.6 Å². The molecule has 2 aromatic rings. The Kier molecular flexibility index (Phi) is 3.85. The number of sulfonamides is 1. The maximum absolute atomic E-state index is 12.7. The summed E-state index contributed by atoms with van der Waals surface area (Å²) in [4.78, 5) is 12.3. The van der Waals surface area contributed by atoms with Crippen LogP contribution in [0.5, 0.6) is 0 Å². The summed E-state index contributed by atoms with van der Waals surface area (Å²) in [5, 5.41) is 0. The monoisotopic (exact) mass is 366 g/mol. The molecule has 0 spiro atoms. The number of aromatic nitrogens is 1. The minimum Gasteiger partial charge on any atom is -0.296 e. The van der Waals surface area contributed by atoms with E-state index in [-0.39, 0.29) is 21.9 Å². The third-order valence-corrected chi connectivity index (χ3v) is 7.86. The molecule has 0 amide bonds. The lowest BCUT2D eigenvalue weighted by molar-refractivity contribution is 0.390. The fourth-order valence-electron chi connectivity index (χ4n) is 4.33. The molecule has 0 radical (unpaired) electrons. The summed E-state index contributed by atoms with van der Waals surface area (Å²) in [6.07, 6.45) is 4.50. The SMILES string of the molecule is CC(C)n1c(=O)sc2cc(S(=O)(=O)N[C@H]3C[C@H]4CC[C@@H]3C4)ccc21. The van der Waals surface area contributed by atoms with Gasteiger partial charge in [-0.05, 0) is 63.1 Å². The third-order valence-electron chi connectivity index (χ3n) is 5.46. The van der Waals surface area contributed by atoms with Gasteiger partial charge in [0, 0.05) is 12.1 Å². The van der Waals surface area contributed by atoms with E-state index in [4.69, 9.17) is 0 Å². The van der Waals surface area contributed by atoms with Gasteiger partial charge in [0.25, 0.3) is 0 Å². The average Bonchev–Trinajstić information content (AvgIpc) is 3.18. The lowest BCUT2D eigenvalue weighted by atomic mass is 9.96. The lowest BCUT2D eigenvalue weighted by Crippen LogP contribution is -2.38. The molecule has 5 nitrogen and oxygen atoms in total. The highest BCUT2D eigenvalue weighted by Gasteiger charge is 2.41. The van der Waals surface area contributed by atoms with Gasteiger partial charge in [-0.25, -0.2) is 13.1 Å². The molecular weight excluding hydrogens is 344 g/mol. The predicted molar refractivity (Wildman–Crippen MR) is 96.0 cm³/mol. The Morgan fingerprint density at radius 1 is 1.25 bits per heavy atom. The second-order valence-electron chi connectivity index (χ2n) is 7.36. The van der Waals surface area contributed by atoms with Crippen LogP contribution in [0.4, 0.5) is 0 Å². The van der Waals surface area contributed by atoms with Crippen molar-refractivity contribution in [1.82, 2.24) is 9.29 Å². The number of thiazole rings is 1. The molecule has 3 atom stereocenters. The first kappa shape index (κ1) is 16.3. The van der Waals surface area contributed by atoms with E-state index >= 15 is 0 Å². The Labute approximate surface area is 145 Å². The van der Waals surface area contributed by atoms with Crippen LogP contribution in [0.3, 0.4) is 0 Å². The molecule has 7 heteroatoms. The molecular formula is C17H22N2O3S2. The van der Waals surface area contributed by atoms with Crippen molar-refractivity contribution in [3.8, 4) is 0 Å². The summed E-state index contributed by atoms with van der Waals surface area (Å²) in [6.45, 7) is 3.91. The first-order valence-corrected chi connectivity index (χ1v) is 10.8. The Morgan fingerprint density at radius 3 is 2.67 bits per heavy atom. The highest BCUT2D eigenvalue weighted by atomic mass is 32.2. The molecule has 2 bridgehead atoms. The van der Waals surface area contributed by atoms with Crippen molar-refractivity contribution in [2.45, 2.75) is 56.5 Å². The molecule has 130 valence electrons. The fourth-order valence-corrected chi connectivity index (χ4v) is 6.80. The van der Waals surface area contributed by atoms with Gasteiger partial charge in [-0.3, -0.25) is 9.36 Å². The lowest BCUT2D eigenvalue weighted by Gasteiger charge is -2.22. The second kappa shape index (κ2) is 5.68. The summed E-state index contributed by atoms with van der Waals surface area (Å²) in [5.74, 6) is 1.18. The molecule has 1 N–H and O–H groups in total. The highest BCUT2D eigenvalue weighted by Crippen LogP contribution is 2.44. The summed E-state index contributed by atoms with van der Waals surface area (Å²) >= 11 is 1.11. The number of nitrogens with zero attached hydrogens (tertiary/aromatic N) is 1. The predicted octanol–water partition coefficient (Wildman–Crippen LogP) is 3.11. The average molecular weight is 367 g/mol. The Morgan fingerprint density at radius 2 is 2.04 bits per heavy atom. The van der Waals surface area contributed by atoms with E-state index in [0.717, 1.165) is 40.8 Å². The van der Waals surface area contributed by atoms with Crippen molar-refractivity contribution in [3.05, 3.63) is 27.9 Å². The molecule has 0 saturated heterocycles. The summed E-state index contributed by atoms with van der Waals surface area (Å²) in [6, 6.07) is 5.13. The van der Waals surface area contributed by atoms with Gasteiger partial charge in [0.2, 0.25) is 10.0 Å². The van der Waals surface area contributed by atoms with Crippen molar-refractivity contribution in [2.24, 2.45) is 11.8 Å². The Balaban J connectivity index is 1.67. The normalized spacial score (nSPS) is 26.7. The van der Waals surface area contributed by atoms with E-state index in [9.17, 15) is 13.2 Å². The minimum absolute atomic E-state index is 0.0457. The summed E-state index contributed by atoms with van der Waals surface area (Å²) < 4.78 is 30.8. The van der Waals surface area contributed by atoms with Crippen LogP contribution in [0, 0.1) is 11.8 Å². The molecule has 2 aliphatic carbocycles. The van der Waals surface area contributed by atoms with Gasteiger partial charge in [0.1, 0.15) is 0 Å². The van der Waals surface area contributed by atoms with Gasteiger partial charge >= 0.3 is 4.87 Å². The molecule has 1 heterocycles. The van der Waals surface area contributed by atoms with E-state index in [1.807, 2.05) is 13.8 Å². The van der Waals surface area contributed by atoms with E-state index in [1.165, 1.54) is 6.42 Å². The van der Waals surface area contributed by atoms with Crippen molar-refractivity contribution in [1.29, 1.82) is 0 Å². The second-order valence-corrected chi connectivity index (χ2v) is 10.1. The number of rotatable bonds is 4. The Bertz CT molecular complexity index is 942. The first-order valence-electron chi connectivity index (χ1n) is 8.52. The minimum atomic E-state index is -3.54. The molecule has 2 fully saturated rings. The van der Waals surface area contributed by atoms with Gasteiger partial charge in [0.15, 0.2) is 0 Å². The Hall–Kier alpha value is -1.18. The number of hydrogen-bond acceptors (Lipinski definition) is 4. The van der Waals surface area contributed by atoms with Crippen LogP contribution in [0.1, 0.15) is 45.6 Å². The zero-order chi connectivity index (χ0) is 17.1. The van der Waals surface area contributed by atoms with E-state index in [1.54, 1.807) is 22.8 Å². The zero-order valence-electron chi connectivity index (χ0n) is 13.9. The van der Waals surface area contributed by atoms with Crippen LogP contribution >= 0.6 is 11.3 Å². The molecule has 2 saturated carbocycles. The standard InChI is InChI=1S/C17H22N2O3S2/c1-10(2)19-15-6-5-13(9-16(15)23-17(19)20)24(21,22)18-14-8-11-3-4-12(14)7-11/h5-6,9-12,14,18H,3-4,7-8H2,1-2H3/t11-,12+,14-/m0/s1. The zero-order valence-corrected chi connectivity index (χ0v) is 15.5. The first-order chi connectivity index (χ1) is 11.3. The number of fused-ring (bicyclic) bond motifs is 3. The highest BCUT2D eigenvalue weighted by molar-refractivity contribution is 7.89. The number of benzene rings is 1. The third kappa shape index (κ3) is 2.62. The van der Waals surface area contributed by atoms with Crippen LogP contribution in [0.25, 0.3) is 10.2 Å². The molecule has 0 unspecified atom stereocenters. The maximum atomic E-state index is 12.7. The molecule has 1 aromatic carbocycles. The van der Waals surface area contributed by atoms with Gasteiger partial charge in [0.05, 0.1) is 15.1 Å². The molecule has 1 aromatic heterocycles. The van der Waals surface area contributed by atoms with Gasteiger partial charge in [-0.1, -0.05) is 17.8 Å². The van der Waals surface area contributed by atoms with Crippen molar-refractivity contribution in [2.75, 3.05) is 0 Å². The maximum Gasteiger partial charge on any atom is 0.308 e. The summed E-state index contributed by atoms with van der Waals surface area (Å²) in [7, 11) is -3.54. The quantitative estimate of drug-likeness (QED) is 0.904. The van der Waals surface area contributed by atoms with Gasteiger partial charge in [-0.2, -0.15) is 0 Å². The van der Waals surface area contributed by atoms with Crippen LogP contribution in [-0.4, -0.2) is 19.0 Å². The fraction of sp³-hybridized carbons (Fsp3) is 0.588. The summed E-state index contributed by atoms with van der Waals surface area (Å²) in [5.41, 5.74) is 0.805. The molecule has 0 aliphatic heterocycles. The van der Waals surface area contributed by atoms with Crippen LogP contribution in [0.2, 0.25) is 0 Å². The van der Waals surface area contributed by atoms with Gasteiger partial charge in [-0.15, -0.1) is 0 Å². The molecule has 2 aliphatic rings. The van der Waals surface area contributed by atoms with E-state index < -0.39 is 10.0 Å². The van der Waals surface area contributed by atoms with Crippen LogP contribution in [0.15, 0.2) is 27.9 Å². The van der Waals surface area contributed by atoms with E-state index in [2.05, 4.69) is 4.72 Å². The van der Waals surface area contributed by atoms with Gasteiger partial charge < -0.3 is 0 Å². The van der Waals surface area contributed by atoms with E-state index in [0.29, 0.717) is 11.8 Å². The smallest absolute Gasteiger partial charge is 0.296 e. The van der Waals surface area contributed by atoms with Crippen molar-refractivity contribution in [3.63, 3.8) is 0 Å². The van der Waals surface area contributed by atoms with Crippen LogP contribution < -0.4 is 9.60 Å². The molecule has 4 rings (SSSR count). The van der Waals surface area contributed by atoms with Crippen LogP contribution in [-0.2, 0) is 10.0 Å². The number of hydrogen-bond donors (Lipinski definition) is 1. The topological polar surface area (TPSA) is 68.2 Å². The molecule has 24 heavy (non-hydrogen) atoms.